The molecule has 2 aliphatic carbocycles. The minimum absolute atomic E-state index is 0.756. The monoisotopic (exact) mass is 195 g/mol. The largest absolute Gasteiger partial charge is 0.311 e. The lowest BCUT2D eigenvalue weighted by molar-refractivity contribution is 0.376. The van der Waals surface area contributed by atoms with E-state index in [-0.39, 0.29) is 0 Å². The average molecular weight is 195 g/mol. The van der Waals surface area contributed by atoms with Crippen LogP contribution in [0.15, 0.2) is 0 Å². The van der Waals surface area contributed by atoms with Crippen LogP contribution in [0.5, 0.6) is 0 Å². The van der Waals surface area contributed by atoms with Crippen molar-refractivity contribution in [1.29, 1.82) is 0 Å². The van der Waals surface area contributed by atoms with Crippen LogP contribution in [0.25, 0.3) is 0 Å². The zero-order valence-electron chi connectivity index (χ0n) is 9.76. The van der Waals surface area contributed by atoms with Gasteiger partial charge in [-0.05, 0) is 38.0 Å². The van der Waals surface area contributed by atoms with E-state index in [1.165, 1.54) is 44.9 Å². The van der Waals surface area contributed by atoms with Gasteiger partial charge < -0.3 is 5.32 Å². The normalized spacial score (nSPS) is 26.1. The summed E-state index contributed by atoms with van der Waals surface area (Å²) in [6.45, 7) is 4.69. The van der Waals surface area contributed by atoms with Gasteiger partial charge in [-0.15, -0.1) is 0 Å². The van der Waals surface area contributed by atoms with Gasteiger partial charge in [0, 0.05) is 12.1 Å². The summed E-state index contributed by atoms with van der Waals surface area (Å²) in [4.78, 5) is 0. The van der Waals surface area contributed by atoms with E-state index in [9.17, 15) is 0 Å². The summed E-state index contributed by atoms with van der Waals surface area (Å²) >= 11 is 0. The van der Waals surface area contributed by atoms with E-state index in [1.54, 1.807) is 0 Å². The Labute approximate surface area is 88.7 Å². The molecule has 0 aliphatic heterocycles. The first-order valence-corrected chi connectivity index (χ1v) is 6.54. The molecule has 2 aliphatic rings. The number of nitrogens with one attached hydrogen (secondary N) is 1. The van der Waals surface area contributed by atoms with E-state index in [2.05, 4.69) is 19.2 Å². The molecular weight excluding hydrogens is 170 g/mol. The fourth-order valence-corrected chi connectivity index (χ4v) is 2.43. The van der Waals surface area contributed by atoms with Crippen LogP contribution in [0, 0.1) is 11.8 Å². The zero-order chi connectivity index (χ0) is 9.97. The van der Waals surface area contributed by atoms with Gasteiger partial charge in [0.05, 0.1) is 0 Å². The highest BCUT2D eigenvalue weighted by molar-refractivity contribution is 4.83. The van der Waals surface area contributed by atoms with E-state index in [0.29, 0.717) is 0 Å². The van der Waals surface area contributed by atoms with Crippen LogP contribution in [0.4, 0.5) is 0 Å². The van der Waals surface area contributed by atoms with Gasteiger partial charge >= 0.3 is 0 Å². The van der Waals surface area contributed by atoms with Gasteiger partial charge in [-0.25, -0.2) is 0 Å². The van der Waals surface area contributed by atoms with Crippen molar-refractivity contribution in [3.8, 4) is 0 Å². The Balaban J connectivity index is 1.63. The third-order valence-electron chi connectivity index (χ3n) is 3.71. The predicted octanol–water partition coefficient (Wildman–Crippen LogP) is 3.34. The van der Waals surface area contributed by atoms with Gasteiger partial charge in [0.25, 0.3) is 0 Å². The van der Waals surface area contributed by atoms with E-state index < -0.39 is 0 Å². The molecule has 0 saturated heterocycles. The molecule has 2 saturated carbocycles. The Morgan fingerprint density at radius 3 is 2.14 bits per heavy atom. The molecule has 0 amide bonds. The number of hydrogen-bond donors (Lipinski definition) is 1. The molecule has 0 radical (unpaired) electrons. The first kappa shape index (κ1) is 10.5. The molecule has 0 spiro atoms. The van der Waals surface area contributed by atoms with Crippen molar-refractivity contribution < 1.29 is 0 Å². The van der Waals surface area contributed by atoms with Gasteiger partial charge in [0.2, 0.25) is 0 Å². The molecule has 2 atom stereocenters. The summed E-state index contributed by atoms with van der Waals surface area (Å²) in [6.07, 6.45) is 10.1. The molecule has 1 N–H and O–H groups in total. The lowest BCUT2D eigenvalue weighted by Gasteiger charge is -2.22. The maximum absolute atomic E-state index is 3.81. The first-order valence-electron chi connectivity index (χ1n) is 6.54. The van der Waals surface area contributed by atoms with E-state index in [4.69, 9.17) is 0 Å². The molecule has 1 heteroatoms. The molecule has 0 bridgehead atoms. The van der Waals surface area contributed by atoms with Crippen LogP contribution in [0.1, 0.15) is 58.8 Å². The van der Waals surface area contributed by atoms with Crippen molar-refractivity contribution in [1.82, 2.24) is 5.32 Å². The fraction of sp³-hybridized carbons (Fsp3) is 1.00. The van der Waals surface area contributed by atoms with Crippen LogP contribution in [-0.2, 0) is 0 Å². The maximum atomic E-state index is 3.81. The van der Waals surface area contributed by atoms with Gasteiger partial charge in [-0.3, -0.25) is 0 Å². The molecule has 2 unspecified atom stereocenters. The topological polar surface area (TPSA) is 12.0 Å². The summed E-state index contributed by atoms with van der Waals surface area (Å²) in [6, 6.07) is 1.56. The number of rotatable bonds is 7. The minimum Gasteiger partial charge on any atom is -0.311 e. The third-order valence-corrected chi connectivity index (χ3v) is 3.71. The SMILES string of the molecule is CCC(CC1CC1)NC(C)CC1CC1. The van der Waals surface area contributed by atoms with Gasteiger partial charge in [0.1, 0.15) is 0 Å². The Bertz CT molecular complexity index is 170. The molecule has 82 valence electrons. The summed E-state index contributed by atoms with van der Waals surface area (Å²) in [5, 5.41) is 3.81. The fourth-order valence-electron chi connectivity index (χ4n) is 2.43. The molecule has 2 fully saturated rings. The van der Waals surface area contributed by atoms with E-state index in [1.807, 2.05) is 0 Å². The third kappa shape index (κ3) is 3.61. The van der Waals surface area contributed by atoms with Crippen LogP contribution in [0.2, 0.25) is 0 Å². The van der Waals surface area contributed by atoms with Crippen molar-refractivity contribution in [2.24, 2.45) is 11.8 Å². The Hall–Kier alpha value is -0.0400. The molecule has 0 aromatic carbocycles. The molecule has 0 aromatic rings. The summed E-state index contributed by atoms with van der Waals surface area (Å²) in [5.41, 5.74) is 0. The average Bonchev–Trinajstić information content (AvgIpc) is 2.97. The van der Waals surface area contributed by atoms with Crippen LogP contribution in [-0.4, -0.2) is 12.1 Å². The Kier molecular flexibility index (Phi) is 3.48. The highest BCUT2D eigenvalue weighted by Crippen LogP contribution is 2.35. The van der Waals surface area contributed by atoms with Crippen molar-refractivity contribution >= 4 is 0 Å². The summed E-state index contributed by atoms with van der Waals surface area (Å²) < 4.78 is 0. The minimum atomic E-state index is 0.756. The smallest absolute Gasteiger partial charge is 0.00695 e. The molecule has 1 nitrogen and oxygen atoms in total. The second-order valence-electron chi connectivity index (χ2n) is 5.53. The molecule has 0 aromatic heterocycles. The van der Waals surface area contributed by atoms with Crippen molar-refractivity contribution in [2.75, 3.05) is 0 Å². The van der Waals surface area contributed by atoms with Crippen molar-refractivity contribution in [3.63, 3.8) is 0 Å². The molecule has 0 heterocycles. The molecular formula is C13H25N. The second-order valence-corrected chi connectivity index (χ2v) is 5.53. The number of hydrogen-bond acceptors (Lipinski definition) is 1. The van der Waals surface area contributed by atoms with Crippen LogP contribution in [0.3, 0.4) is 0 Å². The van der Waals surface area contributed by atoms with Crippen LogP contribution < -0.4 is 5.32 Å². The second kappa shape index (κ2) is 4.65. The highest BCUT2D eigenvalue weighted by atomic mass is 14.9. The zero-order valence-corrected chi connectivity index (χ0v) is 9.76. The quantitative estimate of drug-likeness (QED) is 0.657. The molecule has 14 heavy (non-hydrogen) atoms. The van der Waals surface area contributed by atoms with Gasteiger partial charge in [0.15, 0.2) is 0 Å². The maximum Gasteiger partial charge on any atom is 0.00695 e. The van der Waals surface area contributed by atoms with E-state index in [0.717, 1.165) is 23.9 Å². The van der Waals surface area contributed by atoms with Crippen molar-refractivity contribution in [2.45, 2.75) is 70.9 Å². The Morgan fingerprint density at radius 2 is 1.64 bits per heavy atom. The summed E-state index contributed by atoms with van der Waals surface area (Å²) in [5.74, 6) is 2.14. The van der Waals surface area contributed by atoms with Crippen LogP contribution >= 0.6 is 0 Å². The molecule has 2 rings (SSSR count). The van der Waals surface area contributed by atoms with Crippen molar-refractivity contribution in [3.05, 3.63) is 0 Å². The lowest BCUT2D eigenvalue weighted by Crippen LogP contribution is -2.36. The lowest BCUT2D eigenvalue weighted by atomic mass is 10.0. The van der Waals surface area contributed by atoms with E-state index >= 15 is 0 Å². The highest BCUT2D eigenvalue weighted by Gasteiger charge is 2.27. The van der Waals surface area contributed by atoms with Gasteiger partial charge in [-0.1, -0.05) is 32.6 Å². The standard InChI is InChI=1S/C13H25N/c1-3-13(9-12-6-7-12)14-10(2)8-11-4-5-11/h10-14H,3-9H2,1-2H3. The first-order chi connectivity index (χ1) is 6.78. The Morgan fingerprint density at radius 1 is 1.07 bits per heavy atom. The van der Waals surface area contributed by atoms with Gasteiger partial charge in [-0.2, -0.15) is 0 Å². The summed E-state index contributed by atoms with van der Waals surface area (Å²) in [7, 11) is 0. The predicted molar refractivity (Wildman–Crippen MR) is 61.4 cm³/mol.